The molecule has 1 aliphatic heterocycles. The molecule has 0 unspecified atom stereocenters. The lowest BCUT2D eigenvalue weighted by atomic mass is 9.92. The Bertz CT molecular complexity index is 446. The molecule has 1 fully saturated rings. The maximum atomic E-state index is 12.0. The minimum absolute atomic E-state index is 0.0481. The summed E-state index contributed by atoms with van der Waals surface area (Å²) < 4.78 is 5.37. The first-order chi connectivity index (χ1) is 8.97. The predicted molar refractivity (Wildman–Crippen MR) is 74.4 cm³/mol. The third-order valence-electron chi connectivity index (χ3n) is 3.30. The monoisotopic (exact) mass is 262 g/mol. The van der Waals surface area contributed by atoms with Crippen molar-refractivity contribution in [1.82, 2.24) is 9.88 Å². The molecule has 0 atom stereocenters. The minimum Gasteiger partial charge on any atom is -0.391 e. The second-order valence-electron chi connectivity index (χ2n) is 6.03. The molecule has 1 aromatic rings. The molecule has 0 bridgehead atoms. The van der Waals surface area contributed by atoms with E-state index >= 15 is 0 Å². The molecule has 4 heteroatoms. The van der Waals surface area contributed by atoms with Crippen LogP contribution in [0.4, 0.5) is 4.79 Å². The van der Waals surface area contributed by atoms with Gasteiger partial charge >= 0.3 is 6.09 Å². The van der Waals surface area contributed by atoms with Crippen molar-refractivity contribution in [2.75, 3.05) is 13.1 Å². The summed E-state index contributed by atoms with van der Waals surface area (Å²) in [6, 6.07) is 5.57. The molecule has 0 saturated carbocycles. The number of hydrogen-bond acceptors (Lipinski definition) is 3. The molecule has 4 nitrogen and oxygen atoms in total. The van der Waals surface area contributed by atoms with Crippen LogP contribution in [0.3, 0.4) is 0 Å². The van der Waals surface area contributed by atoms with Crippen LogP contribution in [0.5, 0.6) is 5.88 Å². The van der Waals surface area contributed by atoms with E-state index in [2.05, 4.69) is 25.8 Å². The maximum absolute atomic E-state index is 12.0. The van der Waals surface area contributed by atoms with E-state index in [1.165, 1.54) is 6.42 Å². The normalized spacial score (nSPS) is 16.3. The number of rotatable bonds is 1. The number of carbonyl (C=O) groups is 1. The van der Waals surface area contributed by atoms with E-state index in [0.29, 0.717) is 5.88 Å². The van der Waals surface area contributed by atoms with Gasteiger partial charge in [-0.25, -0.2) is 9.78 Å². The van der Waals surface area contributed by atoms with Gasteiger partial charge < -0.3 is 9.64 Å². The van der Waals surface area contributed by atoms with E-state index in [1.54, 1.807) is 11.0 Å². The lowest BCUT2D eigenvalue weighted by molar-refractivity contribution is 0.140. The number of ether oxygens (including phenoxy) is 1. The van der Waals surface area contributed by atoms with Gasteiger partial charge in [-0.2, -0.15) is 0 Å². The fourth-order valence-electron chi connectivity index (χ4n) is 2.12. The zero-order valence-electron chi connectivity index (χ0n) is 12.0. The van der Waals surface area contributed by atoms with Crippen molar-refractivity contribution in [3.05, 3.63) is 23.9 Å². The van der Waals surface area contributed by atoms with Crippen LogP contribution in [0.1, 0.15) is 45.7 Å². The second kappa shape index (κ2) is 5.59. The van der Waals surface area contributed by atoms with E-state index in [9.17, 15) is 4.79 Å². The first kappa shape index (κ1) is 13.8. The first-order valence-corrected chi connectivity index (χ1v) is 6.91. The van der Waals surface area contributed by atoms with Crippen LogP contribution < -0.4 is 4.74 Å². The van der Waals surface area contributed by atoms with Gasteiger partial charge in [0.1, 0.15) is 0 Å². The summed E-state index contributed by atoms with van der Waals surface area (Å²) in [6.45, 7) is 7.85. The number of likely N-dealkylation sites (tertiary alicyclic amines) is 1. The molecular weight excluding hydrogens is 240 g/mol. The van der Waals surface area contributed by atoms with Gasteiger partial charge in [0.05, 0.1) is 0 Å². The maximum Gasteiger partial charge on any atom is 0.416 e. The van der Waals surface area contributed by atoms with Gasteiger partial charge in [-0.15, -0.1) is 0 Å². The lowest BCUT2D eigenvalue weighted by Gasteiger charge is -2.25. The summed E-state index contributed by atoms with van der Waals surface area (Å²) in [5.41, 5.74) is 0.879. The number of amides is 1. The van der Waals surface area contributed by atoms with Crippen LogP contribution in [-0.2, 0) is 5.41 Å². The topological polar surface area (TPSA) is 42.4 Å². The number of carbonyl (C=O) groups excluding carboxylic acids is 1. The Labute approximate surface area is 114 Å². The summed E-state index contributed by atoms with van der Waals surface area (Å²) in [6.07, 6.45) is 3.04. The number of nitrogens with zero attached hydrogens (tertiary/aromatic N) is 2. The van der Waals surface area contributed by atoms with Crippen LogP contribution >= 0.6 is 0 Å². The zero-order chi connectivity index (χ0) is 13.9. The van der Waals surface area contributed by atoms with Crippen molar-refractivity contribution in [1.29, 1.82) is 0 Å². The predicted octanol–water partition coefficient (Wildman–Crippen LogP) is 3.36. The highest BCUT2D eigenvalue weighted by Crippen LogP contribution is 2.22. The number of aromatic nitrogens is 1. The Hall–Kier alpha value is -1.58. The van der Waals surface area contributed by atoms with Crippen molar-refractivity contribution in [2.24, 2.45) is 0 Å². The number of pyridine rings is 1. The van der Waals surface area contributed by atoms with E-state index in [-0.39, 0.29) is 11.5 Å². The summed E-state index contributed by atoms with van der Waals surface area (Å²) in [4.78, 5) is 18.2. The van der Waals surface area contributed by atoms with E-state index in [1.807, 2.05) is 12.1 Å². The Balaban J connectivity index is 2.04. The molecule has 0 N–H and O–H groups in total. The highest BCUT2D eigenvalue weighted by atomic mass is 16.6. The van der Waals surface area contributed by atoms with Gasteiger partial charge in [-0.1, -0.05) is 26.8 Å². The number of hydrogen-bond donors (Lipinski definition) is 0. The van der Waals surface area contributed by atoms with E-state index in [0.717, 1.165) is 31.6 Å². The number of piperidine rings is 1. The molecule has 2 heterocycles. The molecule has 2 rings (SSSR count). The summed E-state index contributed by atoms with van der Waals surface area (Å²) >= 11 is 0. The zero-order valence-corrected chi connectivity index (χ0v) is 12.0. The highest BCUT2D eigenvalue weighted by Gasteiger charge is 2.20. The van der Waals surface area contributed by atoms with Crippen LogP contribution in [0.25, 0.3) is 0 Å². The SMILES string of the molecule is CC(C)(C)c1cccc(OC(=O)N2CCCCC2)n1. The molecule has 1 amide bonds. The van der Waals surface area contributed by atoms with E-state index in [4.69, 9.17) is 4.74 Å². The Morgan fingerprint density at radius 3 is 2.53 bits per heavy atom. The minimum atomic E-state index is -0.279. The molecule has 104 valence electrons. The summed E-state index contributed by atoms with van der Waals surface area (Å²) in [7, 11) is 0. The molecular formula is C15H22N2O2. The van der Waals surface area contributed by atoms with Gasteiger partial charge in [0.25, 0.3) is 0 Å². The molecule has 1 aromatic heterocycles. The molecule has 1 saturated heterocycles. The molecule has 0 aliphatic carbocycles. The van der Waals surface area contributed by atoms with Crippen LogP contribution in [0, 0.1) is 0 Å². The van der Waals surface area contributed by atoms with Crippen LogP contribution in [0.2, 0.25) is 0 Å². The van der Waals surface area contributed by atoms with Crippen molar-refractivity contribution < 1.29 is 9.53 Å². The average Bonchev–Trinajstić information content (AvgIpc) is 2.39. The fraction of sp³-hybridized carbons (Fsp3) is 0.600. The van der Waals surface area contributed by atoms with Gasteiger partial charge in [0, 0.05) is 30.3 Å². The first-order valence-electron chi connectivity index (χ1n) is 6.91. The largest absolute Gasteiger partial charge is 0.416 e. The van der Waals surface area contributed by atoms with Gasteiger partial charge in [-0.3, -0.25) is 0 Å². The van der Waals surface area contributed by atoms with Crippen molar-refractivity contribution in [3.8, 4) is 5.88 Å². The molecule has 0 radical (unpaired) electrons. The van der Waals surface area contributed by atoms with Crippen LogP contribution in [0.15, 0.2) is 18.2 Å². The molecule has 0 spiro atoms. The average molecular weight is 262 g/mol. The molecule has 1 aliphatic rings. The highest BCUT2D eigenvalue weighted by molar-refractivity contribution is 5.70. The van der Waals surface area contributed by atoms with Crippen LogP contribution in [-0.4, -0.2) is 29.1 Å². The Kier molecular flexibility index (Phi) is 4.08. The third-order valence-corrected chi connectivity index (χ3v) is 3.30. The second-order valence-corrected chi connectivity index (χ2v) is 6.03. The van der Waals surface area contributed by atoms with E-state index < -0.39 is 0 Å². The lowest BCUT2D eigenvalue weighted by Crippen LogP contribution is -2.37. The van der Waals surface area contributed by atoms with Crippen molar-refractivity contribution >= 4 is 6.09 Å². The Morgan fingerprint density at radius 2 is 1.89 bits per heavy atom. The van der Waals surface area contributed by atoms with Gasteiger partial charge in [0.15, 0.2) is 0 Å². The third kappa shape index (κ3) is 3.69. The standard InChI is InChI=1S/C15H22N2O2/c1-15(2,3)12-8-7-9-13(16-12)19-14(18)17-10-5-4-6-11-17/h7-9H,4-6,10-11H2,1-3H3. The molecule has 0 aromatic carbocycles. The quantitative estimate of drug-likeness (QED) is 0.779. The summed E-state index contributed by atoms with van der Waals surface area (Å²) in [5.74, 6) is 0.392. The van der Waals surface area contributed by atoms with Crippen molar-refractivity contribution in [3.63, 3.8) is 0 Å². The van der Waals surface area contributed by atoms with Gasteiger partial charge in [0.2, 0.25) is 5.88 Å². The smallest absolute Gasteiger partial charge is 0.391 e. The summed E-state index contributed by atoms with van der Waals surface area (Å²) in [5, 5.41) is 0. The Morgan fingerprint density at radius 1 is 1.21 bits per heavy atom. The fourth-order valence-corrected chi connectivity index (χ4v) is 2.12. The molecule has 19 heavy (non-hydrogen) atoms. The van der Waals surface area contributed by atoms with Gasteiger partial charge in [-0.05, 0) is 25.3 Å². The van der Waals surface area contributed by atoms with Crippen molar-refractivity contribution in [2.45, 2.75) is 45.4 Å².